The lowest BCUT2D eigenvalue weighted by Crippen LogP contribution is -2.12. The van der Waals surface area contributed by atoms with Gasteiger partial charge in [-0.3, -0.25) is 9.05 Å². The lowest BCUT2D eigenvalue weighted by Gasteiger charge is -2.19. The molecule has 9 heteroatoms. The summed E-state index contributed by atoms with van der Waals surface area (Å²) >= 11 is 0. The number of rotatable bonds is 8. The summed E-state index contributed by atoms with van der Waals surface area (Å²) in [5, 5.41) is 0. The van der Waals surface area contributed by atoms with Crippen LogP contribution in [0.5, 0.6) is 0 Å². The molecule has 0 amide bonds. The Kier molecular flexibility index (Phi) is 6.27. The van der Waals surface area contributed by atoms with Gasteiger partial charge in [0.2, 0.25) is 0 Å². The van der Waals surface area contributed by atoms with Crippen LogP contribution in [0, 0.1) is 0 Å². The molecule has 0 aliphatic carbocycles. The molecule has 0 atom stereocenters. The van der Waals surface area contributed by atoms with Gasteiger partial charge >= 0.3 is 15.5 Å². The van der Waals surface area contributed by atoms with Crippen molar-refractivity contribution in [1.82, 2.24) is 4.86 Å². The van der Waals surface area contributed by atoms with E-state index in [9.17, 15) is 9.13 Å². The van der Waals surface area contributed by atoms with Crippen LogP contribution in [0.3, 0.4) is 0 Å². The Morgan fingerprint density at radius 1 is 0.783 bits per heavy atom. The van der Waals surface area contributed by atoms with E-state index < -0.39 is 15.5 Å². The average Bonchev–Trinajstić information content (AvgIpc) is 2.52. The van der Waals surface area contributed by atoms with Crippen molar-refractivity contribution in [2.45, 2.75) is 13.2 Å². The van der Waals surface area contributed by atoms with Crippen LogP contribution < -0.4 is 4.86 Å². The van der Waals surface area contributed by atoms with Gasteiger partial charge < -0.3 is 9.79 Å². The smallest absolute Gasteiger partial charge is 0.312 e. The highest BCUT2D eigenvalue weighted by Crippen LogP contribution is 2.53. The summed E-state index contributed by atoms with van der Waals surface area (Å²) < 4.78 is 33.9. The molecule has 0 unspecified atom stereocenters. The Balaban J connectivity index is 2.05. The van der Waals surface area contributed by atoms with E-state index >= 15 is 0 Å². The first-order valence-electron chi connectivity index (χ1n) is 6.68. The molecule has 23 heavy (non-hydrogen) atoms. The van der Waals surface area contributed by atoms with Gasteiger partial charge in [-0.15, -0.1) is 4.86 Å². The zero-order chi connectivity index (χ0) is 16.8. The molecule has 0 aliphatic rings. The van der Waals surface area contributed by atoms with Gasteiger partial charge in [0.1, 0.15) is 0 Å². The third-order valence-corrected chi connectivity index (χ3v) is 5.70. The molecule has 0 fully saturated rings. The zero-order valence-corrected chi connectivity index (χ0v) is 13.9. The first-order chi connectivity index (χ1) is 10.9. The van der Waals surface area contributed by atoms with Crippen molar-refractivity contribution in [3.05, 3.63) is 71.8 Å². The Hall–Kier alpha value is -1.30. The topological polar surface area (TPSA) is 105 Å². The predicted octanol–water partition coefficient (Wildman–Crippen LogP) is 3.21. The first kappa shape index (κ1) is 18.0. The third-order valence-electron chi connectivity index (χ3n) is 2.74. The summed E-state index contributed by atoms with van der Waals surface area (Å²) in [4.78, 5) is 19.7. The minimum Gasteiger partial charge on any atom is -0.312 e. The molecule has 2 aromatic rings. The van der Waals surface area contributed by atoms with Crippen molar-refractivity contribution in [3.63, 3.8) is 0 Å². The third kappa shape index (κ3) is 6.77. The Bertz CT molecular complexity index is 656. The van der Waals surface area contributed by atoms with Crippen LogP contribution in [-0.2, 0) is 31.4 Å². The number of nitrogens with one attached hydrogen (secondary N) is 1. The molecule has 0 heterocycles. The normalized spacial score (nSPS) is 12.3. The molecule has 2 aromatic carbocycles. The molecule has 124 valence electrons. The second-order valence-electron chi connectivity index (χ2n) is 4.66. The van der Waals surface area contributed by atoms with Crippen molar-refractivity contribution in [3.8, 4) is 0 Å². The fourth-order valence-corrected chi connectivity index (χ4v) is 4.17. The molecule has 2 rings (SSSR count). The summed E-state index contributed by atoms with van der Waals surface area (Å²) in [7, 11) is -8.98. The molecule has 0 bridgehead atoms. The molecule has 0 aromatic heterocycles. The summed E-state index contributed by atoms with van der Waals surface area (Å²) in [5.74, 6) is 0. The Morgan fingerprint density at radius 2 is 1.17 bits per heavy atom. The fourth-order valence-electron chi connectivity index (χ4n) is 1.72. The first-order valence-corrected chi connectivity index (χ1v) is 9.84. The second-order valence-corrected chi connectivity index (χ2v) is 8.06. The van der Waals surface area contributed by atoms with Crippen LogP contribution in [0.2, 0.25) is 0 Å². The van der Waals surface area contributed by atoms with E-state index in [0.717, 1.165) is 0 Å². The van der Waals surface area contributed by atoms with Crippen LogP contribution in [0.25, 0.3) is 0 Å². The highest BCUT2D eigenvalue weighted by molar-refractivity contribution is 7.66. The Morgan fingerprint density at radius 3 is 1.52 bits per heavy atom. The SMILES string of the molecule is O=P(O)(O)NP(=O)(OCc1ccccc1)OCc1ccccc1. The van der Waals surface area contributed by atoms with Crippen LogP contribution in [0.1, 0.15) is 11.1 Å². The number of hydrogen-bond donors (Lipinski definition) is 3. The number of hydrogen-bond acceptors (Lipinski definition) is 4. The van der Waals surface area contributed by atoms with Crippen molar-refractivity contribution in [2.24, 2.45) is 0 Å². The zero-order valence-electron chi connectivity index (χ0n) is 12.1. The van der Waals surface area contributed by atoms with E-state index in [4.69, 9.17) is 18.8 Å². The predicted molar refractivity (Wildman–Crippen MR) is 85.2 cm³/mol. The minimum absolute atomic E-state index is 0.111. The van der Waals surface area contributed by atoms with E-state index in [1.54, 1.807) is 53.4 Å². The van der Waals surface area contributed by atoms with E-state index in [1.807, 2.05) is 12.1 Å². The highest BCUT2D eigenvalue weighted by Gasteiger charge is 2.33. The van der Waals surface area contributed by atoms with Crippen LogP contribution in [-0.4, -0.2) is 9.79 Å². The van der Waals surface area contributed by atoms with Gasteiger partial charge in [-0.25, -0.2) is 9.13 Å². The highest BCUT2D eigenvalue weighted by atomic mass is 31.3. The van der Waals surface area contributed by atoms with E-state index in [0.29, 0.717) is 11.1 Å². The fraction of sp³-hybridized carbons (Fsp3) is 0.143. The molecular formula is C14H17NO6P2. The Labute approximate surface area is 134 Å². The summed E-state index contributed by atoms with van der Waals surface area (Å²) in [5.41, 5.74) is 1.40. The summed E-state index contributed by atoms with van der Waals surface area (Å²) in [6, 6.07) is 17.6. The molecular weight excluding hydrogens is 340 g/mol. The molecule has 3 N–H and O–H groups in total. The second kappa shape index (κ2) is 7.99. The average molecular weight is 357 g/mol. The molecule has 0 saturated heterocycles. The van der Waals surface area contributed by atoms with Gasteiger partial charge in [0.05, 0.1) is 13.2 Å². The molecule has 0 saturated carbocycles. The van der Waals surface area contributed by atoms with Crippen LogP contribution >= 0.6 is 15.5 Å². The van der Waals surface area contributed by atoms with E-state index in [-0.39, 0.29) is 13.2 Å². The van der Waals surface area contributed by atoms with Crippen molar-refractivity contribution < 1.29 is 28.0 Å². The van der Waals surface area contributed by atoms with Gasteiger partial charge in [0.15, 0.2) is 0 Å². The lowest BCUT2D eigenvalue weighted by atomic mass is 10.2. The molecule has 7 nitrogen and oxygen atoms in total. The summed E-state index contributed by atoms with van der Waals surface area (Å²) in [6.45, 7) is -0.222. The van der Waals surface area contributed by atoms with E-state index in [2.05, 4.69) is 0 Å². The molecule has 0 aliphatic heterocycles. The maximum absolute atomic E-state index is 12.5. The van der Waals surface area contributed by atoms with E-state index in [1.165, 1.54) is 0 Å². The largest absolute Gasteiger partial charge is 0.415 e. The number of benzene rings is 2. The monoisotopic (exact) mass is 357 g/mol. The van der Waals surface area contributed by atoms with Gasteiger partial charge in [-0.2, -0.15) is 0 Å². The van der Waals surface area contributed by atoms with Crippen molar-refractivity contribution in [2.75, 3.05) is 0 Å². The summed E-state index contributed by atoms with van der Waals surface area (Å²) in [6.07, 6.45) is 0. The van der Waals surface area contributed by atoms with Gasteiger partial charge in [0, 0.05) is 0 Å². The van der Waals surface area contributed by atoms with Gasteiger partial charge in [-0.05, 0) is 11.1 Å². The minimum atomic E-state index is -4.79. The molecule has 0 radical (unpaired) electrons. The maximum Gasteiger partial charge on any atom is 0.415 e. The quantitative estimate of drug-likeness (QED) is 0.623. The van der Waals surface area contributed by atoms with Crippen molar-refractivity contribution in [1.29, 1.82) is 0 Å². The molecule has 0 spiro atoms. The maximum atomic E-state index is 12.5. The van der Waals surface area contributed by atoms with Crippen LogP contribution in [0.15, 0.2) is 60.7 Å². The lowest BCUT2D eigenvalue weighted by molar-refractivity contribution is 0.185. The van der Waals surface area contributed by atoms with Gasteiger partial charge in [0.25, 0.3) is 0 Å². The van der Waals surface area contributed by atoms with Crippen molar-refractivity contribution >= 4 is 15.5 Å². The van der Waals surface area contributed by atoms with Crippen LogP contribution in [0.4, 0.5) is 0 Å². The van der Waals surface area contributed by atoms with Gasteiger partial charge in [-0.1, -0.05) is 60.7 Å². The standard InChI is InChI=1S/C14H17NO6P2/c16-22(17,18)15-23(19,20-11-13-7-3-1-4-8-13)21-12-14-9-5-2-6-10-14/h1-10H,11-12H2,(H3,15,16,17,18,19).